The second-order valence-corrected chi connectivity index (χ2v) is 9.53. The Bertz CT molecular complexity index is 1350. The summed E-state index contributed by atoms with van der Waals surface area (Å²) in [6, 6.07) is 42.2. The van der Waals surface area contributed by atoms with E-state index >= 15 is 0 Å². The fourth-order valence-electron chi connectivity index (χ4n) is 5.22. The van der Waals surface area contributed by atoms with Gasteiger partial charge in [0.15, 0.2) is 0 Å². The van der Waals surface area contributed by atoms with Crippen molar-refractivity contribution in [2.45, 2.75) is 24.5 Å². The molecular weight excluding hydrogens is 454 g/mol. The molecule has 4 aromatic carbocycles. The van der Waals surface area contributed by atoms with Crippen molar-refractivity contribution in [3.8, 4) is 0 Å². The highest BCUT2D eigenvalue weighted by atomic mass is 16.6. The minimum Gasteiger partial charge on any atom is -0.391 e. The SMILES string of the molecule is C(=N/OCc1ccccc1)/[C@@H]1C[C@@H]1c1cn(C(c2ccccc2)(c2ccccc2)c2ccccc2)cn1. The molecule has 0 spiro atoms. The molecule has 0 aliphatic heterocycles. The average molecular weight is 484 g/mol. The van der Waals surface area contributed by atoms with Crippen molar-refractivity contribution in [3.05, 3.63) is 162 Å². The zero-order valence-corrected chi connectivity index (χ0v) is 20.6. The summed E-state index contributed by atoms with van der Waals surface area (Å²) < 4.78 is 2.28. The zero-order valence-electron chi connectivity index (χ0n) is 20.6. The van der Waals surface area contributed by atoms with E-state index < -0.39 is 5.54 Å². The van der Waals surface area contributed by atoms with Crippen LogP contribution < -0.4 is 0 Å². The molecule has 0 bridgehead atoms. The number of nitrogens with zero attached hydrogens (tertiary/aromatic N) is 3. The van der Waals surface area contributed by atoms with E-state index in [-0.39, 0.29) is 0 Å². The minimum atomic E-state index is -0.535. The van der Waals surface area contributed by atoms with Crippen LogP contribution in [0.1, 0.15) is 40.3 Å². The third-order valence-electron chi connectivity index (χ3n) is 7.19. The Kier molecular flexibility index (Phi) is 6.38. The summed E-state index contributed by atoms with van der Waals surface area (Å²) >= 11 is 0. The molecule has 4 heteroatoms. The van der Waals surface area contributed by atoms with Crippen molar-refractivity contribution in [1.29, 1.82) is 0 Å². The van der Waals surface area contributed by atoms with Crippen LogP contribution in [-0.2, 0) is 17.0 Å². The van der Waals surface area contributed by atoms with Gasteiger partial charge < -0.3 is 9.40 Å². The summed E-state index contributed by atoms with van der Waals surface area (Å²) in [4.78, 5) is 10.4. The highest BCUT2D eigenvalue weighted by Gasteiger charge is 2.42. The number of aromatic nitrogens is 2. The number of benzene rings is 4. The number of rotatable bonds is 9. The molecule has 182 valence electrons. The van der Waals surface area contributed by atoms with Crippen LogP contribution in [0.5, 0.6) is 0 Å². The van der Waals surface area contributed by atoms with E-state index in [1.807, 2.05) is 42.9 Å². The van der Waals surface area contributed by atoms with Gasteiger partial charge in [-0.25, -0.2) is 4.98 Å². The fraction of sp³-hybridized carbons (Fsp3) is 0.152. The lowest BCUT2D eigenvalue weighted by Crippen LogP contribution is -2.36. The molecule has 1 heterocycles. The van der Waals surface area contributed by atoms with Gasteiger partial charge in [0.05, 0.1) is 12.0 Å². The van der Waals surface area contributed by atoms with Gasteiger partial charge in [-0.2, -0.15) is 0 Å². The lowest BCUT2D eigenvalue weighted by atomic mass is 9.77. The van der Waals surface area contributed by atoms with E-state index in [9.17, 15) is 0 Å². The molecule has 1 fully saturated rings. The van der Waals surface area contributed by atoms with Gasteiger partial charge in [-0.15, -0.1) is 0 Å². The molecule has 1 aliphatic rings. The van der Waals surface area contributed by atoms with Gasteiger partial charge in [0.25, 0.3) is 0 Å². The van der Waals surface area contributed by atoms with Crippen LogP contribution in [0, 0.1) is 5.92 Å². The molecule has 1 aliphatic carbocycles. The van der Waals surface area contributed by atoms with Gasteiger partial charge in [0.2, 0.25) is 0 Å². The van der Waals surface area contributed by atoms with Crippen LogP contribution >= 0.6 is 0 Å². The summed E-state index contributed by atoms with van der Waals surface area (Å²) in [5, 5.41) is 4.24. The lowest BCUT2D eigenvalue weighted by Gasteiger charge is -2.37. The van der Waals surface area contributed by atoms with E-state index in [4.69, 9.17) is 9.82 Å². The van der Waals surface area contributed by atoms with Gasteiger partial charge in [0, 0.05) is 24.2 Å². The molecule has 0 unspecified atom stereocenters. The van der Waals surface area contributed by atoms with E-state index in [1.165, 1.54) is 16.7 Å². The van der Waals surface area contributed by atoms with E-state index in [2.05, 4.69) is 107 Å². The van der Waals surface area contributed by atoms with Crippen LogP contribution in [0.15, 0.2) is 139 Å². The Morgan fingerprint density at radius 3 is 1.81 bits per heavy atom. The molecule has 5 aromatic rings. The molecule has 0 amide bonds. The first-order valence-electron chi connectivity index (χ1n) is 12.8. The predicted octanol–water partition coefficient (Wildman–Crippen LogP) is 7.03. The van der Waals surface area contributed by atoms with Crippen molar-refractivity contribution in [2.24, 2.45) is 11.1 Å². The highest BCUT2D eigenvalue weighted by molar-refractivity contribution is 5.66. The maximum absolute atomic E-state index is 5.53. The van der Waals surface area contributed by atoms with Crippen LogP contribution in [0.3, 0.4) is 0 Å². The molecule has 1 aromatic heterocycles. The standard InChI is InChI=1S/C33H29N3O/c1-5-13-26(14-6-1)24-37-35-22-27-21-31(27)32-23-36(25-34-32)33(28-15-7-2-8-16-28,29-17-9-3-10-18-29)30-19-11-4-12-20-30/h1-20,22-23,25,27,31H,21,24H2/b35-22-/t27-,31-/m0/s1. The predicted molar refractivity (Wildman–Crippen MR) is 147 cm³/mol. The smallest absolute Gasteiger partial charge is 0.142 e. The van der Waals surface area contributed by atoms with Crippen molar-refractivity contribution in [1.82, 2.24) is 9.55 Å². The molecule has 0 saturated heterocycles. The average Bonchev–Trinajstić information content (AvgIpc) is 3.58. The lowest BCUT2D eigenvalue weighted by molar-refractivity contribution is 0.131. The molecular formula is C33H29N3O. The highest BCUT2D eigenvalue weighted by Crippen LogP contribution is 2.47. The van der Waals surface area contributed by atoms with E-state index in [1.54, 1.807) is 0 Å². The topological polar surface area (TPSA) is 39.4 Å². The van der Waals surface area contributed by atoms with Crippen LogP contribution in [0.2, 0.25) is 0 Å². The largest absolute Gasteiger partial charge is 0.391 e. The van der Waals surface area contributed by atoms with Gasteiger partial charge in [-0.1, -0.05) is 126 Å². The first-order valence-corrected chi connectivity index (χ1v) is 12.8. The maximum atomic E-state index is 5.53. The number of hydrogen-bond donors (Lipinski definition) is 0. The monoisotopic (exact) mass is 483 g/mol. The van der Waals surface area contributed by atoms with Crippen molar-refractivity contribution >= 4 is 6.21 Å². The number of oxime groups is 1. The van der Waals surface area contributed by atoms with E-state index in [0.717, 1.165) is 17.7 Å². The second kappa shape index (κ2) is 10.3. The van der Waals surface area contributed by atoms with Crippen molar-refractivity contribution in [3.63, 3.8) is 0 Å². The molecule has 37 heavy (non-hydrogen) atoms. The Hall–Kier alpha value is -4.44. The van der Waals surface area contributed by atoms with Gasteiger partial charge in [0.1, 0.15) is 12.1 Å². The van der Waals surface area contributed by atoms with E-state index in [0.29, 0.717) is 18.4 Å². The Balaban J connectivity index is 1.31. The zero-order chi connectivity index (χ0) is 24.9. The number of imidazole rings is 1. The van der Waals surface area contributed by atoms with Crippen LogP contribution in [0.25, 0.3) is 0 Å². The molecule has 4 nitrogen and oxygen atoms in total. The van der Waals surface area contributed by atoms with Gasteiger partial charge in [-0.05, 0) is 28.7 Å². The second-order valence-electron chi connectivity index (χ2n) is 9.53. The maximum Gasteiger partial charge on any atom is 0.142 e. The number of hydrogen-bond acceptors (Lipinski definition) is 3. The molecule has 1 saturated carbocycles. The third kappa shape index (κ3) is 4.58. The first-order chi connectivity index (χ1) is 18.4. The summed E-state index contributed by atoms with van der Waals surface area (Å²) in [7, 11) is 0. The summed E-state index contributed by atoms with van der Waals surface area (Å²) in [5.41, 5.74) is 5.25. The van der Waals surface area contributed by atoms with Crippen LogP contribution in [-0.4, -0.2) is 15.8 Å². The Morgan fingerprint density at radius 2 is 1.27 bits per heavy atom. The van der Waals surface area contributed by atoms with Gasteiger partial charge >= 0.3 is 0 Å². The summed E-state index contributed by atoms with van der Waals surface area (Å²) in [5.74, 6) is 0.698. The normalized spacial score (nSPS) is 17.1. The molecule has 2 atom stereocenters. The van der Waals surface area contributed by atoms with Crippen molar-refractivity contribution in [2.75, 3.05) is 0 Å². The van der Waals surface area contributed by atoms with Crippen LogP contribution in [0.4, 0.5) is 0 Å². The van der Waals surface area contributed by atoms with Gasteiger partial charge in [-0.3, -0.25) is 0 Å². The third-order valence-corrected chi connectivity index (χ3v) is 7.19. The Morgan fingerprint density at radius 1 is 0.757 bits per heavy atom. The molecule has 6 rings (SSSR count). The summed E-state index contributed by atoms with van der Waals surface area (Å²) in [6.07, 6.45) is 7.17. The fourth-order valence-corrected chi connectivity index (χ4v) is 5.22. The Labute approximate surface area is 217 Å². The first kappa shape index (κ1) is 23.0. The molecule has 0 radical (unpaired) electrons. The summed E-state index contributed by atoms with van der Waals surface area (Å²) in [6.45, 7) is 0.483. The quantitative estimate of drug-likeness (QED) is 0.128. The van der Waals surface area contributed by atoms with Crippen molar-refractivity contribution < 1.29 is 4.84 Å². The molecule has 0 N–H and O–H groups in total. The minimum absolute atomic E-state index is 0.346.